The molecule has 1 unspecified atom stereocenters. The third kappa shape index (κ3) is 3.87. The molecule has 0 aliphatic carbocycles. The minimum atomic E-state index is -3.00. The van der Waals surface area contributed by atoms with Gasteiger partial charge < -0.3 is 24.4 Å². The van der Waals surface area contributed by atoms with Gasteiger partial charge in [-0.05, 0) is 31.5 Å². The Labute approximate surface area is 149 Å². The lowest BCUT2D eigenvalue weighted by Crippen LogP contribution is -2.46. The van der Waals surface area contributed by atoms with Crippen LogP contribution in [0.1, 0.15) is 25.5 Å². The number of nitrogens with one attached hydrogen (secondary N) is 1. The van der Waals surface area contributed by atoms with Crippen LogP contribution in [-0.4, -0.2) is 44.3 Å². The van der Waals surface area contributed by atoms with Crippen molar-refractivity contribution in [2.45, 2.75) is 26.5 Å². The number of halogens is 2. The standard InChI is InChI=1S/C17H20F2N2O5/c1-5-25-15(22)13-9(2)21(3)17(23)20-14(13)10-6-7-11(26-16(18)19)12(8-10)24-4/h6-8,14,16H,5H2,1-4H3,(H,20,23). The molecule has 9 heteroatoms. The van der Waals surface area contributed by atoms with Crippen molar-refractivity contribution >= 4 is 12.0 Å². The number of nitrogens with zero attached hydrogens (tertiary/aromatic N) is 1. The number of hydrogen-bond acceptors (Lipinski definition) is 5. The number of urea groups is 1. The zero-order valence-corrected chi connectivity index (χ0v) is 14.8. The number of carbonyl (C=O) groups excluding carboxylic acids is 2. The molecule has 0 bridgehead atoms. The van der Waals surface area contributed by atoms with Gasteiger partial charge in [-0.15, -0.1) is 0 Å². The van der Waals surface area contributed by atoms with Crippen LogP contribution in [-0.2, 0) is 9.53 Å². The van der Waals surface area contributed by atoms with Crippen LogP contribution in [0.15, 0.2) is 29.5 Å². The van der Waals surface area contributed by atoms with Crippen molar-refractivity contribution in [1.82, 2.24) is 10.2 Å². The van der Waals surface area contributed by atoms with Gasteiger partial charge in [-0.2, -0.15) is 8.78 Å². The predicted molar refractivity (Wildman–Crippen MR) is 88.0 cm³/mol. The Bertz CT molecular complexity index is 736. The second-order valence-corrected chi connectivity index (χ2v) is 5.45. The average molecular weight is 370 g/mol. The van der Waals surface area contributed by atoms with E-state index in [0.717, 1.165) is 0 Å². The van der Waals surface area contributed by atoms with Crippen LogP contribution < -0.4 is 14.8 Å². The first-order valence-electron chi connectivity index (χ1n) is 7.85. The molecule has 0 radical (unpaired) electrons. The van der Waals surface area contributed by atoms with Crippen LogP contribution in [0.2, 0.25) is 0 Å². The van der Waals surface area contributed by atoms with E-state index in [4.69, 9.17) is 9.47 Å². The molecule has 7 nitrogen and oxygen atoms in total. The average Bonchev–Trinajstić information content (AvgIpc) is 2.59. The number of amides is 2. The van der Waals surface area contributed by atoms with Crippen molar-refractivity contribution < 1.29 is 32.6 Å². The fourth-order valence-electron chi connectivity index (χ4n) is 2.62. The molecule has 1 atom stereocenters. The predicted octanol–water partition coefficient (Wildman–Crippen LogP) is 2.83. The highest BCUT2D eigenvalue weighted by Crippen LogP contribution is 2.36. The number of allylic oxidation sites excluding steroid dienone is 1. The van der Waals surface area contributed by atoms with E-state index in [0.29, 0.717) is 11.3 Å². The summed E-state index contributed by atoms with van der Waals surface area (Å²) < 4.78 is 39.5. The molecule has 1 aromatic rings. The summed E-state index contributed by atoms with van der Waals surface area (Å²) in [5.74, 6) is -0.672. The lowest BCUT2D eigenvalue weighted by Gasteiger charge is -2.33. The minimum Gasteiger partial charge on any atom is -0.493 e. The molecule has 0 saturated carbocycles. The van der Waals surface area contributed by atoms with Gasteiger partial charge in [-0.3, -0.25) is 0 Å². The summed E-state index contributed by atoms with van der Waals surface area (Å²) in [6.45, 7) is 0.469. The van der Waals surface area contributed by atoms with Gasteiger partial charge in [-0.25, -0.2) is 9.59 Å². The molecule has 0 aromatic heterocycles. The molecule has 0 fully saturated rings. The Morgan fingerprint density at radius 3 is 2.62 bits per heavy atom. The first-order valence-corrected chi connectivity index (χ1v) is 7.85. The van der Waals surface area contributed by atoms with Crippen LogP contribution in [0, 0.1) is 0 Å². The molecule has 26 heavy (non-hydrogen) atoms. The zero-order valence-electron chi connectivity index (χ0n) is 14.8. The molecule has 1 heterocycles. The van der Waals surface area contributed by atoms with Crippen LogP contribution in [0.4, 0.5) is 13.6 Å². The summed E-state index contributed by atoms with van der Waals surface area (Å²) in [6, 6.07) is 2.98. The Kier molecular flexibility index (Phi) is 6.01. The Balaban J connectivity index is 2.50. The normalized spacial score (nSPS) is 17.3. The highest BCUT2D eigenvalue weighted by atomic mass is 19.3. The quantitative estimate of drug-likeness (QED) is 0.780. The monoisotopic (exact) mass is 370 g/mol. The first kappa shape index (κ1) is 19.5. The van der Waals surface area contributed by atoms with Crippen LogP contribution in [0.25, 0.3) is 0 Å². The number of esters is 1. The fourth-order valence-corrected chi connectivity index (χ4v) is 2.62. The highest BCUT2D eigenvalue weighted by Gasteiger charge is 2.35. The van der Waals surface area contributed by atoms with E-state index in [1.165, 1.54) is 37.3 Å². The van der Waals surface area contributed by atoms with Crippen molar-refractivity contribution in [3.8, 4) is 11.5 Å². The van der Waals surface area contributed by atoms with Crippen LogP contribution in [0.3, 0.4) is 0 Å². The number of ether oxygens (including phenoxy) is 3. The Morgan fingerprint density at radius 1 is 1.35 bits per heavy atom. The summed E-state index contributed by atoms with van der Waals surface area (Å²) in [7, 11) is 2.83. The largest absolute Gasteiger partial charge is 0.493 e. The molecule has 1 aliphatic rings. The van der Waals surface area contributed by atoms with Gasteiger partial charge in [0.1, 0.15) is 0 Å². The Morgan fingerprint density at radius 2 is 2.04 bits per heavy atom. The van der Waals surface area contributed by atoms with Gasteiger partial charge in [0.2, 0.25) is 0 Å². The fraction of sp³-hybridized carbons (Fsp3) is 0.412. The minimum absolute atomic E-state index is 0.0526. The van der Waals surface area contributed by atoms with E-state index in [-0.39, 0.29) is 23.7 Å². The van der Waals surface area contributed by atoms with Gasteiger partial charge in [-0.1, -0.05) is 6.07 Å². The van der Waals surface area contributed by atoms with E-state index in [2.05, 4.69) is 10.1 Å². The number of hydrogen-bond donors (Lipinski definition) is 1. The summed E-state index contributed by atoms with van der Waals surface area (Å²) in [4.78, 5) is 25.9. The second kappa shape index (κ2) is 8.03. The first-order chi connectivity index (χ1) is 12.3. The third-order valence-electron chi connectivity index (χ3n) is 3.99. The second-order valence-electron chi connectivity index (χ2n) is 5.45. The Hall–Kier alpha value is -2.84. The summed E-state index contributed by atoms with van der Waals surface area (Å²) in [6.07, 6.45) is 0. The molecular formula is C17H20F2N2O5. The summed E-state index contributed by atoms with van der Waals surface area (Å²) in [5, 5.41) is 2.70. The van der Waals surface area contributed by atoms with Crippen molar-refractivity contribution in [1.29, 1.82) is 0 Å². The number of alkyl halides is 2. The van der Waals surface area contributed by atoms with E-state index >= 15 is 0 Å². The van der Waals surface area contributed by atoms with Crippen molar-refractivity contribution in [3.63, 3.8) is 0 Å². The molecule has 1 N–H and O–H groups in total. The SMILES string of the molecule is CCOC(=O)C1=C(C)N(C)C(=O)NC1c1ccc(OC(F)F)c(OC)c1. The molecule has 0 spiro atoms. The number of methoxy groups -OCH3 is 1. The van der Waals surface area contributed by atoms with Gasteiger partial charge >= 0.3 is 18.6 Å². The smallest absolute Gasteiger partial charge is 0.387 e. The van der Waals surface area contributed by atoms with E-state index in [1.54, 1.807) is 13.8 Å². The molecule has 142 valence electrons. The van der Waals surface area contributed by atoms with Crippen molar-refractivity contribution in [2.24, 2.45) is 0 Å². The number of benzene rings is 1. The lowest BCUT2D eigenvalue weighted by molar-refractivity contribution is -0.139. The number of rotatable bonds is 6. The maximum absolute atomic E-state index is 12.5. The van der Waals surface area contributed by atoms with Crippen molar-refractivity contribution in [2.75, 3.05) is 20.8 Å². The van der Waals surface area contributed by atoms with E-state index in [9.17, 15) is 18.4 Å². The lowest BCUT2D eigenvalue weighted by atomic mass is 9.94. The molecular weight excluding hydrogens is 350 g/mol. The van der Waals surface area contributed by atoms with Crippen LogP contribution >= 0.6 is 0 Å². The molecule has 1 aliphatic heterocycles. The topological polar surface area (TPSA) is 77.1 Å². The molecule has 0 saturated heterocycles. The number of carbonyl (C=O) groups is 2. The van der Waals surface area contributed by atoms with Crippen LogP contribution in [0.5, 0.6) is 11.5 Å². The van der Waals surface area contributed by atoms with E-state index in [1.807, 2.05) is 0 Å². The van der Waals surface area contributed by atoms with Gasteiger partial charge in [0.05, 0.1) is 25.3 Å². The summed E-state index contributed by atoms with van der Waals surface area (Å²) in [5.41, 5.74) is 1.15. The van der Waals surface area contributed by atoms with Gasteiger partial charge in [0.25, 0.3) is 0 Å². The highest BCUT2D eigenvalue weighted by molar-refractivity contribution is 5.95. The zero-order chi connectivity index (χ0) is 19.4. The maximum atomic E-state index is 12.5. The van der Waals surface area contributed by atoms with Gasteiger partial charge in [0.15, 0.2) is 11.5 Å². The van der Waals surface area contributed by atoms with E-state index < -0.39 is 24.7 Å². The van der Waals surface area contributed by atoms with Gasteiger partial charge in [0, 0.05) is 12.7 Å². The maximum Gasteiger partial charge on any atom is 0.387 e. The third-order valence-corrected chi connectivity index (χ3v) is 3.99. The molecule has 2 rings (SSSR count). The molecule has 2 amide bonds. The molecule has 1 aromatic carbocycles. The summed E-state index contributed by atoms with van der Waals surface area (Å²) >= 11 is 0. The van der Waals surface area contributed by atoms with Crippen molar-refractivity contribution in [3.05, 3.63) is 35.0 Å².